The van der Waals surface area contributed by atoms with Crippen molar-refractivity contribution in [3.63, 3.8) is 0 Å². The molecule has 2 aromatic carbocycles. The zero-order valence-electron chi connectivity index (χ0n) is 13.3. The Morgan fingerprint density at radius 2 is 1.68 bits per heavy atom. The topological polar surface area (TPSA) is 58.6 Å². The number of H-pyrrole nitrogens is 1. The van der Waals surface area contributed by atoms with Crippen molar-refractivity contribution in [1.82, 2.24) is 14.3 Å². The van der Waals surface area contributed by atoms with Gasteiger partial charge in [-0.05, 0) is 17.1 Å². The Balaban J connectivity index is 1.61. The number of benzene rings is 2. The first kappa shape index (κ1) is 16.1. The lowest BCUT2D eigenvalue weighted by Crippen LogP contribution is -2.09. The first-order valence-electron chi connectivity index (χ1n) is 7.87. The fourth-order valence-corrected chi connectivity index (χ4v) is 4.18. The molecule has 4 nitrogen and oxygen atoms in total. The largest absolute Gasteiger partial charge is 0.309 e. The summed E-state index contributed by atoms with van der Waals surface area (Å²) in [6.07, 6.45) is 0. The van der Waals surface area contributed by atoms with Crippen molar-refractivity contribution in [1.29, 1.82) is 0 Å². The molecule has 0 amide bonds. The minimum Gasteiger partial charge on any atom is -0.309 e. The second-order valence-electron chi connectivity index (χ2n) is 5.57. The molecule has 124 valence electrons. The number of rotatable bonds is 5. The lowest BCUT2D eigenvalue weighted by Gasteiger charge is -2.03. The second-order valence-corrected chi connectivity index (χ2v) is 7.32. The van der Waals surface area contributed by atoms with Gasteiger partial charge in [0.2, 0.25) is 0 Å². The Bertz CT molecular complexity index is 1040. The van der Waals surface area contributed by atoms with E-state index >= 15 is 0 Å². The van der Waals surface area contributed by atoms with E-state index in [2.05, 4.69) is 26.5 Å². The van der Waals surface area contributed by atoms with Gasteiger partial charge in [-0.2, -0.15) is 4.37 Å². The van der Waals surface area contributed by atoms with Crippen LogP contribution < -0.4 is 5.56 Å². The van der Waals surface area contributed by atoms with Crippen LogP contribution in [0.4, 0.5) is 0 Å². The summed E-state index contributed by atoms with van der Waals surface area (Å²) in [7, 11) is 0. The van der Waals surface area contributed by atoms with Gasteiger partial charge in [0.25, 0.3) is 5.56 Å². The molecule has 0 radical (unpaired) electrons. The predicted octanol–water partition coefficient (Wildman–Crippen LogP) is 4.48. The number of thioether (sulfide) groups is 1. The minimum atomic E-state index is -0.111. The molecule has 4 rings (SSSR count). The van der Waals surface area contributed by atoms with Crippen molar-refractivity contribution >= 4 is 33.5 Å². The van der Waals surface area contributed by atoms with E-state index in [-0.39, 0.29) is 5.56 Å². The molecule has 0 unspecified atom stereocenters. The molecule has 0 bridgehead atoms. The molecule has 6 heteroatoms. The van der Waals surface area contributed by atoms with Crippen LogP contribution >= 0.6 is 23.3 Å². The highest BCUT2D eigenvalue weighted by Gasteiger charge is 2.14. The Morgan fingerprint density at radius 1 is 0.960 bits per heavy atom. The van der Waals surface area contributed by atoms with Crippen LogP contribution in [0.1, 0.15) is 11.4 Å². The van der Waals surface area contributed by atoms with Crippen molar-refractivity contribution in [3.8, 4) is 11.3 Å². The van der Waals surface area contributed by atoms with Crippen LogP contribution in [-0.2, 0) is 11.5 Å². The number of nitrogens with one attached hydrogen (secondary N) is 1. The molecule has 0 saturated carbocycles. The summed E-state index contributed by atoms with van der Waals surface area (Å²) in [5.74, 6) is 2.23. The molecule has 0 saturated heterocycles. The van der Waals surface area contributed by atoms with Crippen molar-refractivity contribution in [2.75, 3.05) is 0 Å². The van der Waals surface area contributed by atoms with Crippen molar-refractivity contribution in [3.05, 3.63) is 82.4 Å². The van der Waals surface area contributed by atoms with E-state index in [4.69, 9.17) is 0 Å². The molecule has 0 atom stereocenters. The second kappa shape index (κ2) is 7.21. The first-order valence-corrected chi connectivity index (χ1v) is 9.80. The van der Waals surface area contributed by atoms with Crippen molar-refractivity contribution in [2.24, 2.45) is 0 Å². The molecule has 0 aliphatic heterocycles. The summed E-state index contributed by atoms with van der Waals surface area (Å²) in [4.78, 5) is 19.9. The highest BCUT2D eigenvalue weighted by atomic mass is 32.2. The summed E-state index contributed by atoms with van der Waals surface area (Å²) in [5, 5.41) is 0. The average Bonchev–Trinajstić information content (AvgIpc) is 3.08. The Kier molecular flexibility index (Phi) is 4.63. The maximum Gasteiger partial charge on any atom is 0.270 e. The summed E-state index contributed by atoms with van der Waals surface area (Å²) >= 11 is 2.93. The molecular weight excluding hydrogens is 350 g/mol. The maximum absolute atomic E-state index is 12.3. The van der Waals surface area contributed by atoms with Gasteiger partial charge in [0.1, 0.15) is 21.7 Å². The van der Waals surface area contributed by atoms with E-state index in [0.717, 1.165) is 17.0 Å². The van der Waals surface area contributed by atoms with E-state index in [1.807, 2.05) is 48.5 Å². The lowest BCUT2D eigenvalue weighted by atomic mass is 10.1. The summed E-state index contributed by atoms with van der Waals surface area (Å²) < 4.78 is 5.03. The van der Waals surface area contributed by atoms with E-state index in [0.29, 0.717) is 21.8 Å². The van der Waals surface area contributed by atoms with Gasteiger partial charge in [-0.25, -0.2) is 4.98 Å². The molecule has 0 aliphatic rings. The Hall–Kier alpha value is -2.44. The fourth-order valence-electron chi connectivity index (χ4n) is 2.58. The van der Waals surface area contributed by atoms with Crippen LogP contribution in [0, 0.1) is 0 Å². The summed E-state index contributed by atoms with van der Waals surface area (Å²) in [6.45, 7) is 0. The molecule has 1 N–H and O–H groups in total. The third kappa shape index (κ3) is 3.50. The Labute approximate surface area is 153 Å². The van der Waals surface area contributed by atoms with Crippen LogP contribution in [0.5, 0.6) is 0 Å². The zero-order valence-corrected chi connectivity index (χ0v) is 14.9. The zero-order chi connectivity index (χ0) is 17.1. The molecule has 0 fully saturated rings. The van der Waals surface area contributed by atoms with Gasteiger partial charge < -0.3 is 4.98 Å². The molecule has 2 aromatic heterocycles. The number of nitrogens with zero attached hydrogens (tertiary/aromatic N) is 2. The van der Waals surface area contributed by atoms with Crippen molar-refractivity contribution in [2.45, 2.75) is 11.5 Å². The molecule has 25 heavy (non-hydrogen) atoms. The smallest absolute Gasteiger partial charge is 0.270 e. The van der Waals surface area contributed by atoms with Crippen LogP contribution in [0.2, 0.25) is 0 Å². The van der Waals surface area contributed by atoms with Crippen LogP contribution in [0.3, 0.4) is 0 Å². The summed E-state index contributed by atoms with van der Waals surface area (Å²) in [5.41, 5.74) is 3.60. The van der Waals surface area contributed by atoms with Gasteiger partial charge in [-0.15, -0.1) is 11.8 Å². The molecular formula is C19H15N3OS2. The quantitative estimate of drug-likeness (QED) is 0.566. The van der Waals surface area contributed by atoms with Crippen LogP contribution in [-0.4, -0.2) is 14.3 Å². The normalized spacial score (nSPS) is 11.0. The molecule has 0 aliphatic carbocycles. The van der Waals surface area contributed by atoms with Crippen molar-refractivity contribution < 1.29 is 0 Å². The number of fused-ring (bicyclic) bond motifs is 1. The number of hydrogen-bond donors (Lipinski definition) is 1. The van der Waals surface area contributed by atoms with Gasteiger partial charge in [0.15, 0.2) is 0 Å². The number of hydrogen-bond acceptors (Lipinski definition) is 5. The van der Waals surface area contributed by atoms with Crippen LogP contribution in [0.15, 0.2) is 65.5 Å². The van der Waals surface area contributed by atoms with E-state index in [9.17, 15) is 4.79 Å². The number of aromatic nitrogens is 3. The fraction of sp³-hybridized carbons (Fsp3) is 0.105. The highest BCUT2D eigenvalue weighted by Crippen LogP contribution is 2.27. The maximum atomic E-state index is 12.3. The number of aromatic amines is 1. The first-order chi connectivity index (χ1) is 12.3. The van der Waals surface area contributed by atoms with E-state index in [1.165, 1.54) is 17.1 Å². The van der Waals surface area contributed by atoms with Gasteiger partial charge in [0.05, 0.1) is 5.75 Å². The van der Waals surface area contributed by atoms with E-state index < -0.39 is 0 Å². The monoisotopic (exact) mass is 365 g/mol. The molecule has 0 spiro atoms. The Morgan fingerprint density at radius 3 is 2.44 bits per heavy atom. The average molecular weight is 365 g/mol. The van der Waals surface area contributed by atoms with E-state index in [1.54, 1.807) is 11.8 Å². The highest BCUT2D eigenvalue weighted by molar-refractivity contribution is 7.97. The SMILES string of the molecule is O=c1[nH]c(CSCc2ccccc2)nc2c(-c3ccccc3)nsc12. The molecule has 4 aromatic rings. The predicted molar refractivity (Wildman–Crippen MR) is 105 cm³/mol. The third-order valence-corrected chi connectivity index (χ3v) is 5.63. The van der Waals surface area contributed by atoms with Crippen LogP contribution in [0.25, 0.3) is 21.5 Å². The third-order valence-electron chi connectivity index (χ3n) is 3.78. The lowest BCUT2D eigenvalue weighted by molar-refractivity contribution is 1.04. The summed E-state index contributed by atoms with van der Waals surface area (Å²) in [6, 6.07) is 20.1. The van der Waals surface area contributed by atoms with Gasteiger partial charge in [0, 0.05) is 11.3 Å². The van der Waals surface area contributed by atoms with Gasteiger partial charge >= 0.3 is 0 Å². The standard InChI is InChI=1S/C19H15N3OS2/c23-19-18-17(16(22-25-18)14-9-5-2-6-10-14)20-15(21-19)12-24-11-13-7-3-1-4-8-13/h1-10H,11-12H2,(H,20,21,23). The van der Waals surface area contributed by atoms with Gasteiger partial charge in [-0.1, -0.05) is 60.7 Å². The molecule has 2 heterocycles. The van der Waals surface area contributed by atoms with Gasteiger partial charge in [-0.3, -0.25) is 4.79 Å². The minimum absolute atomic E-state index is 0.111.